The van der Waals surface area contributed by atoms with Crippen molar-refractivity contribution in [2.75, 3.05) is 45.1 Å². The maximum atomic E-state index is 13.6. The predicted octanol–water partition coefficient (Wildman–Crippen LogP) is 5.21. The van der Waals surface area contributed by atoms with Gasteiger partial charge in [0.05, 0.1) is 10.5 Å². The SMILES string of the molecule is CCCCN(CCCC)S(=O)(=O)c1ccc(C(=O)Nc2sc3c(c2C(=O)N2CCCCC2)CCN(C)C3)cc1. The first kappa shape index (κ1) is 29.7. The number of likely N-dealkylation sites (N-methyl/N-ethyl adjacent to an activating group) is 1. The average molecular weight is 575 g/mol. The third-order valence-corrected chi connectivity index (χ3v) is 10.7. The second kappa shape index (κ2) is 13.4. The lowest BCUT2D eigenvalue weighted by Gasteiger charge is -2.28. The number of thiophene rings is 1. The molecule has 1 aromatic heterocycles. The number of unbranched alkanes of at least 4 members (excludes halogenated alkanes) is 2. The highest BCUT2D eigenvalue weighted by atomic mass is 32.2. The number of sulfonamides is 1. The molecular formula is C29H42N4O4S2. The van der Waals surface area contributed by atoms with Gasteiger partial charge in [-0.25, -0.2) is 8.42 Å². The molecule has 0 saturated carbocycles. The number of likely N-dealkylation sites (tertiary alicyclic amines) is 1. The molecule has 0 spiro atoms. The number of hydrogen-bond donors (Lipinski definition) is 1. The van der Waals surface area contributed by atoms with E-state index in [0.29, 0.717) is 29.2 Å². The van der Waals surface area contributed by atoms with Crippen LogP contribution in [0.1, 0.15) is 89.9 Å². The monoisotopic (exact) mass is 574 g/mol. The highest BCUT2D eigenvalue weighted by Crippen LogP contribution is 2.38. The molecule has 8 nitrogen and oxygen atoms in total. The van der Waals surface area contributed by atoms with Crippen molar-refractivity contribution in [2.24, 2.45) is 0 Å². The van der Waals surface area contributed by atoms with Crippen molar-refractivity contribution in [3.8, 4) is 0 Å². The van der Waals surface area contributed by atoms with Gasteiger partial charge >= 0.3 is 0 Å². The van der Waals surface area contributed by atoms with E-state index in [1.807, 2.05) is 18.7 Å². The van der Waals surface area contributed by atoms with Crippen molar-refractivity contribution in [1.29, 1.82) is 0 Å². The number of carbonyl (C=O) groups excluding carboxylic acids is 2. The molecule has 2 aromatic rings. The maximum Gasteiger partial charge on any atom is 0.257 e. The van der Waals surface area contributed by atoms with E-state index in [-0.39, 0.29) is 16.7 Å². The van der Waals surface area contributed by atoms with Crippen LogP contribution < -0.4 is 5.32 Å². The Morgan fingerprint density at radius 3 is 2.23 bits per heavy atom. The molecule has 2 aliphatic rings. The summed E-state index contributed by atoms with van der Waals surface area (Å²) in [4.78, 5) is 32.4. The lowest BCUT2D eigenvalue weighted by atomic mass is 10.0. The van der Waals surface area contributed by atoms with E-state index in [1.54, 1.807) is 16.4 Å². The van der Waals surface area contributed by atoms with Gasteiger partial charge in [0.2, 0.25) is 10.0 Å². The van der Waals surface area contributed by atoms with Gasteiger partial charge in [-0.1, -0.05) is 26.7 Å². The number of hydrogen-bond acceptors (Lipinski definition) is 6. The van der Waals surface area contributed by atoms with Crippen LogP contribution in [0.5, 0.6) is 0 Å². The fourth-order valence-corrected chi connectivity index (χ4v) is 8.06. The zero-order chi connectivity index (χ0) is 28.0. The van der Waals surface area contributed by atoms with Crippen LogP contribution >= 0.6 is 11.3 Å². The number of amides is 2. The van der Waals surface area contributed by atoms with Crippen LogP contribution in [-0.4, -0.2) is 74.1 Å². The van der Waals surface area contributed by atoms with Gasteiger partial charge in [-0.15, -0.1) is 11.3 Å². The number of anilines is 1. The summed E-state index contributed by atoms with van der Waals surface area (Å²) in [6.45, 7) is 8.22. The summed E-state index contributed by atoms with van der Waals surface area (Å²) < 4.78 is 28.2. The van der Waals surface area contributed by atoms with Gasteiger partial charge in [0.25, 0.3) is 11.8 Å². The fraction of sp³-hybridized carbons (Fsp3) is 0.586. The van der Waals surface area contributed by atoms with E-state index in [9.17, 15) is 18.0 Å². The Morgan fingerprint density at radius 1 is 0.974 bits per heavy atom. The highest BCUT2D eigenvalue weighted by Gasteiger charge is 2.31. The summed E-state index contributed by atoms with van der Waals surface area (Å²) in [5.41, 5.74) is 2.06. The second-order valence-electron chi connectivity index (χ2n) is 10.6. The Kier molecular flexibility index (Phi) is 10.2. The summed E-state index contributed by atoms with van der Waals surface area (Å²) in [6, 6.07) is 6.16. The van der Waals surface area contributed by atoms with Crippen LogP contribution in [0.25, 0.3) is 0 Å². The Morgan fingerprint density at radius 2 is 1.62 bits per heavy atom. The molecule has 3 heterocycles. The molecule has 1 N–H and O–H groups in total. The van der Waals surface area contributed by atoms with Crippen molar-refractivity contribution in [3.63, 3.8) is 0 Å². The summed E-state index contributed by atoms with van der Waals surface area (Å²) >= 11 is 1.48. The van der Waals surface area contributed by atoms with Crippen LogP contribution in [0.15, 0.2) is 29.2 Å². The standard InChI is InChI=1S/C29H42N4O4S2/c1-4-6-18-33(19-7-5-2)39(36,37)23-13-11-22(12-14-23)27(34)30-28-26(29(35)32-16-9-8-10-17-32)24-15-20-31(3)21-25(24)38-28/h11-14H,4-10,15-21H2,1-3H3,(H,30,34). The molecule has 10 heteroatoms. The van der Waals surface area contributed by atoms with Gasteiger partial charge in [0.15, 0.2) is 0 Å². The van der Waals surface area contributed by atoms with Gasteiger partial charge in [0, 0.05) is 49.7 Å². The molecule has 0 aliphatic carbocycles. The first-order valence-corrected chi connectivity index (χ1v) is 16.6. The van der Waals surface area contributed by atoms with E-state index in [4.69, 9.17) is 0 Å². The first-order valence-electron chi connectivity index (χ1n) is 14.3. The Labute approximate surface area is 237 Å². The highest BCUT2D eigenvalue weighted by molar-refractivity contribution is 7.89. The van der Waals surface area contributed by atoms with E-state index in [2.05, 4.69) is 17.3 Å². The normalized spacial score (nSPS) is 16.4. The summed E-state index contributed by atoms with van der Waals surface area (Å²) in [7, 11) is -1.57. The smallest absolute Gasteiger partial charge is 0.257 e. The Hall–Kier alpha value is -2.27. The number of piperidine rings is 1. The molecule has 1 aromatic carbocycles. The molecule has 2 aliphatic heterocycles. The summed E-state index contributed by atoms with van der Waals surface area (Å²) in [5.74, 6) is -0.333. The topological polar surface area (TPSA) is 90.0 Å². The molecular weight excluding hydrogens is 532 g/mol. The molecule has 1 fully saturated rings. The van der Waals surface area contributed by atoms with Crippen LogP contribution in [0.2, 0.25) is 0 Å². The van der Waals surface area contributed by atoms with Crippen molar-refractivity contribution < 1.29 is 18.0 Å². The van der Waals surface area contributed by atoms with Crippen molar-refractivity contribution >= 4 is 38.2 Å². The molecule has 4 rings (SSSR count). The molecule has 0 bridgehead atoms. The summed E-state index contributed by atoms with van der Waals surface area (Å²) in [6.07, 6.45) is 7.39. The summed E-state index contributed by atoms with van der Waals surface area (Å²) in [5, 5.41) is 3.60. The quantitative estimate of drug-likeness (QED) is 0.398. The Bertz CT molecular complexity index is 1240. The van der Waals surface area contributed by atoms with Crippen LogP contribution in [0, 0.1) is 0 Å². The van der Waals surface area contributed by atoms with Crippen LogP contribution in [0.4, 0.5) is 5.00 Å². The van der Waals surface area contributed by atoms with Crippen molar-refractivity contribution in [3.05, 3.63) is 45.8 Å². The number of carbonyl (C=O) groups is 2. The van der Waals surface area contributed by atoms with Crippen LogP contribution in [0.3, 0.4) is 0 Å². The molecule has 0 radical (unpaired) electrons. The zero-order valence-corrected chi connectivity index (χ0v) is 25.1. The molecule has 0 atom stereocenters. The Balaban J connectivity index is 1.55. The first-order chi connectivity index (χ1) is 18.8. The van der Waals surface area contributed by atoms with Crippen LogP contribution in [-0.2, 0) is 23.0 Å². The molecule has 2 amide bonds. The zero-order valence-electron chi connectivity index (χ0n) is 23.5. The molecule has 0 unspecified atom stereocenters. The van der Waals surface area contributed by atoms with E-state index < -0.39 is 10.0 Å². The van der Waals surface area contributed by atoms with Crippen molar-refractivity contribution in [2.45, 2.75) is 76.7 Å². The van der Waals surface area contributed by atoms with E-state index >= 15 is 0 Å². The predicted molar refractivity (Wildman–Crippen MR) is 157 cm³/mol. The molecule has 1 saturated heterocycles. The van der Waals surface area contributed by atoms with Crippen molar-refractivity contribution in [1.82, 2.24) is 14.1 Å². The second-order valence-corrected chi connectivity index (χ2v) is 13.7. The lowest BCUT2D eigenvalue weighted by Crippen LogP contribution is -2.37. The maximum absolute atomic E-state index is 13.6. The third kappa shape index (κ3) is 6.90. The minimum atomic E-state index is -3.64. The fourth-order valence-electron chi connectivity index (χ4n) is 5.22. The number of fused-ring (bicyclic) bond motifs is 1. The number of rotatable bonds is 11. The molecule has 39 heavy (non-hydrogen) atoms. The minimum absolute atomic E-state index is 0.00717. The van der Waals surface area contributed by atoms with E-state index in [0.717, 1.165) is 88.0 Å². The average Bonchev–Trinajstić information content (AvgIpc) is 3.29. The number of nitrogens with zero attached hydrogens (tertiary/aromatic N) is 3. The largest absolute Gasteiger partial charge is 0.339 e. The van der Waals surface area contributed by atoms with Gasteiger partial charge < -0.3 is 15.1 Å². The van der Waals surface area contributed by atoms with Gasteiger partial charge in [-0.3, -0.25) is 9.59 Å². The number of nitrogens with one attached hydrogen (secondary N) is 1. The molecule has 214 valence electrons. The minimum Gasteiger partial charge on any atom is -0.339 e. The van der Waals surface area contributed by atoms with Gasteiger partial charge in [0.1, 0.15) is 5.00 Å². The van der Waals surface area contributed by atoms with E-state index in [1.165, 1.54) is 23.5 Å². The lowest BCUT2D eigenvalue weighted by molar-refractivity contribution is 0.0724. The van der Waals surface area contributed by atoms with Gasteiger partial charge in [-0.05, 0) is 75.4 Å². The number of benzene rings is 1. The van der Waals surface area contributed by atoms with Gasteiger partial charge in [-0.2, -0.15) is 4.31 Å². The third-order valence-electron chi connectivity index (χ3n) is 7.61.